The summed E-state index contributed by atoms with van der Waals surface area (Å²) in [6.07, 6.45) is 2.05. The average Bonchev–Trinajstić information content (AvgIpc) is 3.76. The molecule has 2 aliphatic heterocycles. The molecule has 0 saturated heterocycles. The second kappa shape index (κ2) is 12.3. The summed E-state index contributed by atoms with van der Waals surface area (Å²) in [5.74, 6) is 0. The Kier molecular flexibility index (Phi) is 7.68. The van der Waals surface area contributed by atoms with Gasteiger partial charge in [-0.3, -0.25) is 0 Å². The minimum atomic E-state index is -1.39. The van der Waals surface area contributed by atoms with Crippen molar-refractivity contribution in [1.82, 2.24) is 5.32 Å². The normalized spacial score (nSPS) is 18.1. The summed E-state index contributed by atoms with van der Waals surface area (Å²) >= 11 is 14.6. The van der Waals surface area contributed by atoms with Crippen LogP contribution >= 0.6 is 23.2 Å². The SMILES string of the molecule is Clc1ccccc1C1(C2(c3ccccc3Cl)NC=C(c3ccccc3)N2c2ccccc2)N=C(c2ccccc2)C(c2ccccc2)=N1. The van der Waals surface area contributed by atoms with Crippen LogP contribution in [0.25, 0.3) is 5.70 Å². The Labute approximate surface area is 290 Å². The van der Waals surface area contributed by atoms with Gasteiger partial charge in [0.15, 0.2) is 5.66 Å². The molecule has 6 heteroatoms. The van der Waals surface area contributed by atoms with Gasteiger partial charge in [0.1, 0.15) is 0 Å². The number of benzene rings is 6. The summed E-state index contributed by atoms with van der Waals surface area (Å²) in [5.41, 5.74) is 5.22. The van der Waals surface area contributed by atoms with Gasteiger partial charge in [0.2, 0.25) is 5.66 Å². The summed E-state index contributed by atoms with van der Waals surface area (Å²) in [6, 6.07) is 56.9. The first-order valence-electron chi connectivity index (χ1n) is 15.8. The van der Waals surface area contributed by atoms with Gasteiger partial charge in [0.05, 0.1) is 17.1 Å². The summed E-state index contributed by atoms with van der Waals surface area (Å²) < 4.78 is 0. The highest BCUT2D eigenvalue weighted by Crippen LogP contribution is 2.58. The van der Waals surface area contributed by atoms with Crippen molar-refractivity contribution in [2.24, 2.45) is 9.98 Å². The second-order valence-corrected chi connectivity index (χ2v) is 12.5. The zero-order valence-corrected chi connectivity index (χ0v) is 27.4. The van der Waals surface area contributed by atoms with Crippen LogP contribution in [0.4, 0.5) is 5.69 Å². The number of hydrogen-bond donors (Lipinski definition) is 1. The van der Waals surface area contributed by atoms with Crippen molar-refractivity contribution in [3.05, 3.63) is 214 Å². The lowest BCUT2D eigenvalue weighted by molar-refractivity contribution is 0.217. The Morgan fingerprint density at radius 2 is 0.875 bits per heavy atom. The first-order valence-corrected chi connectivity index (χ1v) is 16.6. The molecule has 6 aromatic carbocycles. The van der Waals surface area contributed by atoms with Crippen molar-refractivity contribution in [2.75, 3.05) is 4.90 Å². The van der Waals surface area contributed by atoms with E-state index in [4.69, 9.17) is 33.2 Å². The molecule has 4 nitrogen and oxygen atoms in total. The molecule has 1 N–H and O–H groups in total. The van der Waals surface area contributed by atoms with Crippen LogP contribution in [0, 0.1) is 0 Å². The molecule has 0 radical (unpaired) electrons. The highest BCUT2D eigenvalue weighted by atomic mass is 35.5. The molecule has 48 heavy (non-hydrogen) atoms. The molecular formula is C42H30Cl2N4. The van der Waals surface area contributed by atoms with Gasteiger partial charge >= 0.3 is 0 Å². The van der Waals surface area contributed by atoms with Crippen molar-refractivity contribution in [2.45, 2.75) is 11.3 Å². The van der Waals surface area contributed by atoms with Crippen LogP contribution in [0.15, 0.2) is 186 Å². The van der Waals surface area contributed by atoms with E-state index in [2.05, 4.69) is 71.0 Å². The van der Waals surface area contributed by atoms with Crippen LogP contribution in [-0.2, 0) is 11.3 Å². The molecule has 0 saturated carbocycles. The maximum Gasteiger partial charge on any atom is 0.224 e. The first kappa shape index (κ1) is 29.9. The third-order valence-electron chi connectivity index (χ3n) is 8.96. The molecular weight excluding hydrogens is 631 g/mol. The van der Waals surface area contributed by atoms with E-state index < -0.39 is 11.3 Å². The summed E-state index contributed by atoms with van der Waals surface area (Å²) in [5, 5.41) is 5.00. The Hall–Kier alpha value is -5.42. The largest absolute Gasteiger partial charge is 0.359 e. The maximum atomic E-state index is 7.30. The third kappa shape index (κ3) is 4.76. The van der Waals surface area contributed by atoms with Gasteiger partial charge in [-0.05, 0) is 29.8 Å². The Balaban J connectivity index is 1.54. The maximum absolute atomic E-state index is 7.30. The summed E-state index contributed by atoms with van der Waals surface area (Å²) in [7, 11) is 0. The van der Waals surface area contributed by atoms with Crippen LogP contribution in [0.1, 0.15) is 27.8 Å². The van der Waals surface area contributed by atoms with Crippen LogP contribution in [-0.4, -0.2) is 11.4 Å². The molecule has 0 fully saturated rings. The predicted molar refractivity (Wildman–Crippen MR) is 199 cm³/mol. The summed E-state index contributed by atoms with van der Waals surface area (Å²) in [4.78, 5) is 13.9. The topological polar surface area (TPSA) is 40.0 Å². The van der Waals surface area contributed by atoms with E-state index in [1.807, 2.05) is 115 Å². The van der Waals surface area contributed by atoms with Gasteiger partial charge in [0, 0.05) is 44.2 Å². The van der Waals surface area contributed by atoms with E-state index in [9.17, 15) is 0 Å². The molecule has 1 unspecified atom stereocenters. The minimum absolute atomic E-state index is 0.543. The minimum Gasteiger partial charge on any atom is -0.359 e. The number of halogens is 2. The Bertz CT molecular complexity index is 2130. The van der Waals surface area contributed by atoms with Crippen molar-refractivity contribution < 1.29 is 0 Å². The van der Waals surface area contributed by atoms with Crippen molar-refractivity contribution >= 4 is 46.0 Å². The lowest BCUT2D eigenvalue weighted by atomic mass is 9.79. The fraction of sp³-hybridized carbons (Fsp3) is 0.0476. The highest BCUT2D eigenvalue weighted by molar-refractivity contribution is 6.54. The van der Waals surface area contributed by atoms with Crippen molar-refractivity contribution in [3.8, 4) is 0 Å². The van der Waals surface area contributed by atoms with Gasteiger partial charge in [-0.2, -0.15) is 0 Å². The van der Waals surface area contributed by atoms with Gasteiger partial charge in [0.25, 0.3) is 0 Å². The monoisotopic (exact) mass is 660 g/mol. The van der Waals surface area contributed by atoms with Gasteiger partial charge in [-0.15, -0.1) is 0 Å². The van der Waals surface area contributed by atoms with E-state index in [1.54, 1.807) is 0 Å². The number of hydrogen-bond acceptors (Lipinski definition) is 4. The molecule has 0 amide bonds. The van der Waals surface area contributed by atoms with Gasteiger partial charge in [-0.1, -0.05) is 169 Å². The zero-order chi connectivity index (χ0) is 32.6. The van der Waals surface area contributed by atoms with Crippen LogP contribution in [0.5, 0.6) is 0 Å². The van der Waals surface area contributed by atoms with Crippen molar-refractivity contribution in [1.29, 1.82) is 0 Å². The number of anilines is 1. The number of rotatable bonds is 7. The third-order valence-corrected chi connectivity index (χ3v) is 9.62. The van der Waals surface area contributed by atoms with E-state index in [-0.39, 0.29) is 0 Å². The molecule has 0 spiro atoms. The number of nitrogens with one attached hydrogen (secondary N) is 1. The fourth-order valence-corrected chi connectivity index (χ4v) is 7.42. The molecule has 0 aromatic heterocycles. The van der Waals surface area contributed by atoms with E-state index in [1.165, 1.54) is 0 Å². The van der Waals surface area contributed by atoms with Gasteiger partial charge in [-0.25, -0.2) is 9.98 Å². The lowest BCUT2D eigenvalue weighted by Gasteiger charge is -2.50. The zero-order valence-electron chi connectivity index (χ0n) is 25.8. The molecule has 8 rings (SSSR count). The van der Waals surface area contributed by atoms with Crippen LogP contribution in [0.2, 0.25) is 10.0 Å². The van der Waals surface area contributed by atoms with Crippen molar-refractivity contribution in [3.63, 3.8) is 0 Å². The number of nitrogens with zero attached hydrogens (tertiary/aromatic N) is 3. The van der Waals surface area contributed by atoms with E-state index >= 15 is 0 Å². The molecule has 0 aliphatic carbocycles. The fourth-order valence-electron chi connectivity index (χ4n) is 6.88. The van der Waals surface area contributed by atoms with Gasteiger partial charge < -0.3 is 10.2 Å². The lowest BCUT2D eigenvalue weighted by Crippen LogP contribution is -2.62. The summed E-state index contributed by atoms with van der Waals surface area (Å²) in [6.45, 7) is 0. The quantitative estimate of drug-likeness (QED) is 0.185. The molecule has 0 bridgehead atoms. The Morgan fingerprint density at radius 3 is 1.38 bits per heavy atom. The molecule has 1 atom stereocenters. The smallest absolute Gasteiger partial charge is 0.224 e. The molecule has 2 aliphatic rings. The predicted octanol–water partition coefficient (Wildman–Crippen LogP) is 10.1. The highest BCUT2D eigenvalue weighted by Gasteiger charge is 2.64. The van der Waals surface area contributed by atoms with E-state index in [0.717, 1.165) is 50.6 Å². The Morgan fingerprint density at radius 1 is 0.458 bits per heavy atom. The van der Waals surface area contributed by atoms with Crippen LogP contribution < -0.4 is 10.2 Å². The number of para-hydroxylation sites is 1. The number of aliphatic imine (C=N–C) groups is 2. The second-order valence-electron chi connectivity index (χ2n) is 11.7. The molecule has 2 heterocycles. The molecule has 6 aromatic rings. The first-order chi connectivity index (χ1) is 23.6. The molecule has 232 valence electrons. The van der Waals surface area contributed by atoms with Crippen LogP contribution in [0.3, 0.4) is 0 Å². The van der Waals surface area contributed by atoms with E-state index in [0.29, 0.717) is 10.0 Å². The average molecular weight is 662 g/mol. The standard InChI is InChI=1S/C42H30Cl2N4/c43-36-27-15-13-25-34(36)41(46-39(31-19-7-2-8-20-31)40(47-41)32-21-9-3-10-22-32)42(35-26-14-16-28-37(35)44)45-29-38(30-17-5-1-6-18-30)48(42)33-23-11-4-12-24-33/h1-29,45H.